The number of benzene rings is 3. The van der Waals surface area contributed by atoms with Gasteiger partial charge in [0.05, 0.1) is 37.9 Å². The number of nitriles is 1. The van der Waals surface area contributed by atoms with E-state index in [-0.39, 0.29) is 34.2 Å². The van der Waals surface area contributed by atoms with Crippen LogP contribution in [0.1, 0.15) is 33.0 Å². The number of nitrogens with zero attached hydrogens (tertiary/aromatic N) is 2. The smallest absolute Gasteiger partial charge is 0.337 e. The lowest BCUT2D eigenvalue weighted by Crippen LogP contribution is -2.39. The second-order valence-corrected chi connectivity index (χ2v) is 10.4. The molecule has 0 fully saturated rings. The van der Waals surface area contributed by atoms with Crippen molar-refractivity contribution >= 4 is 27.4 Å². The maximum absolute atomic E-state index is 14.4. The lowest BCUT2D eigenvalue weighted by molar-refractivity contribution is 0.0600. The molecule has 2 N–H and O–H groups in total. The molecule has 5 rings (SSSR count). The highest BCUT2D eigenvalue weighted by molar-refractivity contribution is 7.96. The fourth-order valence-corrected chi connectivity index (χ4v) is 6.59. The lowest BCUT2D eigenvalue weighted by Gasteiger charge is -2.38. The van der Waals surface area contributed by atoms with Crippen LogP contribution >= 0.6 is 0 Å². The number of sulfonamides is 1. The van der Waals surface area contributed by atoms with Crippen molar-refractivity contribution in [1.82, 2.24) is 0 Å². The van der Waals surface area contributed by atoms with E-state index in [1.165, 1.54) is 23.5 Å². The molecule has 0 radical (unpaired) electrons. The van der Waals surface area contributed by atoms with E-state index in [4.69, 9.17) is 19.9 Å². The first kappa shape index (κ1) is 24.9. The van der Waals surface area contributed by atoms with Crippen LogP contribution in [-0.4, -0.2) is 28.6 Å². The summed E-state index contributed by atoms with van der Waals surface area (Å²) in [6.07, 6.45) is 0. The fourth-order valence-electron chi connectivity index (χ4n) is 4.68. The zero-order valence-corrected chi connectivity index (χ0v) is 21.4. The third kappa shape index (κ3) is 4.03. The van der Waals surface area contributed by atoms with Gasteiger partial charge in [0.15, 0.2) is 5.76 Å². The van der Waals surface area contributed by atoms with Crippen LogP contribution in [0, 0.1) is 11.3 Å². The molecular formula is C28H23N3O6S. The van der Waals surface area contributed by atoms with Crippen molar-refractivity contribution in [2.24, 2.45) is 5.73 Å². The largest absolute Gasteiger partial charge is 0.497 e. The molecule has 9 nitrogen and oxygen atoms in total. The Labute approximate surface area is 220 Å². The molecule has 2 heterocycles. The van der Waals surface area contributed by atoms with E-state index in [0.29, 0.717) is 28.1 Å². The molecule has 10 heteroatoms. The standard InChI is InChI=1S/C28H23N3O6S/c1-35-20-7-5-6-17(14-20)16-31-23-9-4-3-8-21(23)25-26(38(31,33)34)24(22(15-29)27(30)37-25)18-10-12-19(13-11-18)28(32)36-2/h3-14,24H,16,30H2,1-2H3. The van der Waals surface area contributed by atoms with Gasteiger partial charge in [0.1, 0.15) is 22.3 Å². The Balaban J connectivity index is 1.71. The number of rotatable bonds is 5. The number of ether oxygens (including phenoxy) is 3. The van der Waals surface area contributed by atoms with Crippen molar-refractivity contribution in [1.29, 1.82) is 5.26 Å². The van der Waals surface area contributed by atoms with Gasteiger partial charge in [-0.1, -0.05) is 36.4 Å². The normalized spacial score (nSPS) is 17.6. The van der Waals surface area contributed by atoms with Crippen molar-refractivity contribution in [3.63, 3.8) is 0 Å². The number of para-hydroxylation sites is 1. The van der Waals surface area contributed by atoms with Gasteiger partial charge in [-0.2, -0.15) is 5.26 Å². The summed E-state index contributed by atoms with van der Waals surface area (Å²) in [5.74, 6) is -1.11. The molecule has 3 aromatic carbocycles. The molecule has 0 amide bonds. The summed E-state index contributed by atoms with van der Waals surface area (Å²) >= 11 is 0. The van der Waals surface area contributed by atoms with Gasteiger partial charge < -0.3 is 19.9 Å². The first-order chi connectivity index (χ1) is 18.3. The maximum atomic E-state index is 14.4. The molecule has 1 unspecified atom stereocenters. The first-order valence-corrected chi connectivity index (χ1v) is 13.0. The Bertz CT molecular complexity index is 1650. The molecule has 2 aliphatic rings. The number of fused-ring (bicyclic) bond motifs is 2. The molecule has 3 aromatic rings. The Kier molecular flexibility index (Phi) is 6.30. The summed E-state index contributed by atoms with van der Waals surface area (Å²) in [6.45, 7) is 0.0163. The minimum absolute atomic E-state index is 0.0163. The molecule has 0 bridgehead atoms. The number of anilines is 1. The van der Waals surface area contributed by atoms with Crippen molar-refractivity contribution < 1.29 is 27.4 Å². The summed E-state index contributed by atoms with van der Waals surface area (Å²) in [5.41, 5.74) is 8.51. The zero-order valence-electron chi connectivity index (χ0n) is 20.5. The topological polar surface area (TPSA) is 132 Å². The van der Waals surface area contributed by atoms with Gasteiger partial charge in [0, 0.05) is 5.56 Å². The second kappa shape index (κ2) is 9.61. The molecule has 38 heavy (non-hydrogen) atoms. The summed E-state index contributed by atoms with van der Waals surface area (Å²) in [4.78, 5) is 11.9. The SMILES string of the molecule is COC(=O)c1ccc(C2C(C#N)=C(N)OC3=C2S(=O)(=O)N(Cc2cccc(OC)c2)c2ccccc23)cc1. The number of hydrogen-bond acceptors (Lipinski definition) is 8. The quantitative estimate of drug-likeness (QED) is 0.491. The van der Waals surface area contributed by atoms with Crippen molar-refractivity contribution in [3.05, 3.63) is 111 Å². The molecule has 1 atom stereocenters. The zero-order chi connectivity index (χ0) is 27.0. The molecule has 0 spiro atoms. The van der Waals surface area contributed by atoms with Gasteiger partial charge in [0.2, 0.25) is 5.88 Å². The highest BCUT2D eigenvalue weighted by Crippen LogP contribution is 2.51. The highest BCUT2D eigenvalue weighted by Gasteiger charge is 2.47. The molecule has 0 aromatic heterocycles. The summed E-state index contributed by atoms with van der Waals surface area (Å²) < 4.78 is 45.9. The van der Waals surface area contributed by atoms with Crippen molar-refractivity contribution in [2.75, 3.05) is 18.5 Å². The Morgan fingerprint density at radius 3 is 2.50 bits per heavy atom. The summed E-state index contributed by atoms with van der Waals surface area (Å²) in [6, 6.07) is 22.3. The summed E-state index contributed by atoms with van der Waals surface area (Å²) in [7, 11) is -1.43. The molecular weight excluding hydrogens is 506 g/mol. The van der Waals surface area contributed by atoms with Crippen molar-refractivity contribution in [2.45, 2.75) is 12.5 Å². The Morgan fingerprint density at radius 1 is 1.08 bits per heavy atom. The lowest BCUT2D eigenvalue weighted by atomic mass is 9.88. The molecule has 0 saturated heterocycles. The van der Waals surface area contributed by atoms with Crippen LogP contribution in [0.4, 0.5) is 5.69 Å². The van der Waals surface area contributed by atoms with E-state index in [1.54, 1.807) is 61.7 Å². The van der Waals surface area contributed by atoms with E-state index in [2.05, 4.69) is 0 Å². The minimum atomic E-state index is -4.24. The van der Waals surface area contributed by atoms with Crippen LogP contribution in [-0.2, 0) is 26.0 Å². The van der Waals surface area contributed by atoms with E-state index >= 15 is 0 Å². The summed E-state index contributed by atoms with van der Waals surface area (Å²) in [5, 5.41) is 10.0. The maximum Gasteiger partial charge on any atom is 0.337 e. The number of allylic oxidation sites excluding steroid dienone is 2. The third-order valence-electron chi connectivity index (χ3n) is 6.48. The molecule has 2 aliphatic heterocycles. The van der Waals surface area contributed by atoms with E-state index in [1.807, 2.05) is 12.1 Å². The Morgan fingerprint density at radius 2 is 1.82 bits per heavy atom. The average Bonchev–Trinajstić information content (AvgIpc) is 2.94. The van der Waals surface area contributed by atoms with Crippen LogP contribution < -0.4 is 14.8 Å². The van der Waals surface area contributed by atoms with Gasteiger partial charge in [-0.15, -0.1) is 0 Å². The van der Waals surface area contributed by atoms with Gasteiger partial charge in [0.25, 0.3) is 10.0 Å². The van der Waals surface area contributed by atoms with Gasteiger partial charge >= 0.3 is 5.97 Å². The molecule has 0 saturated carbocycles. The molecule has 0 aliphatic carbocycles. The van der Waals surface area contributed by atoms with E-state index in [9.17, 15) is 18.5 Å². The molecule has 192 valence electrons. The van der Waals surface area contributed by atoms with Gasteiger partial charge in [-0.25, -0.2) is 13.2 Å². The van der Waals surface area contributed by atoms with Crippen LogP contribution in [0.25, 0.3) is 5.76 Å². The van der Waals surface area contributed by atoms with E-state index < -0.39 is 21.9 Å². The number of hydrogen-bond donors (Lipinski definition) is 1. The monoisotopic (exact) mass is 529 g/mol. The van der Waals surface area contributed by atoms with E-state index in [0.717, 1.165) is 0 Å². The van der Waals surface area contributed by atoms with Crippen molar-refractivity contribution in [3.8, 4) is 11.8 Å². The Hall–Kier alpha value is -4.75. The van der Waals surface area contributed by atoms with Crippen LogP contribution in [0.5, 0.6) is 5.75 Å². The third-order valence-corrected chi connectivity index (χ3v) is 8.37. The second-order valence-electron chi connectivity index (χ2n) is 8.61. The predicted molar refractivity (Wildman–Crippen MR) is 140 cm³/mol. The van der Waals surface area contributed by atoms with Gasteiger partial charge in [-0.3, -0.25) is 4.31 Å². The number of carbonyl (C=O) groups is 1. The first-order valence-electron chi connectivity index (χ1n) is 11.5. The highest BCUT2D eigenvalue weighted by atomic mass is 32.2. The number of carbonyl (C=O) groups excluding carboxylic acids is 1. The minimum Gasteiger partial charge on any atom is -0.497 e. The predicted octanol–water partition coefficient (Wildman–Crippen LogP) is 4.01. The van der Waals surface area contributed by atoms with Crippen LogP contribution in [0.2, 0.25) is 0 Å². The van der Waals surface area contributed by atoms with Crippen LogP contribution in [0.3, 0.4) is 0 Å². The number of esters is 1. The number of methoxy groups -OCH3 is 2. The fraction of sp³-hybridized carbons (Fsp3) is 0.143. The number of nitrogens with two attached hydrogens (primary N) is 1. The van der Waals surface area contributed by atoms with Crippen LogP contribution in [0.15, 0.2) is 89.2 Å². The van der Waals surface area contributed by atoms with Gasteiger partial charge in [-0.05, 0) is 47.5 Å². The average molecular weight is 530 g/mol.